The zero-order valence-electron chi connectivity index (χ0n) is 11.3. The lowest BCUT2D eigenvalue weighted by Gasteiger charge is -2.33. The van der Waals surface area contributed by atoms with Crippen LogP contribution in [0.3, 0.4) is 0 Å². The maximum Gasteiger partial charge on any atom is 0.0794 e. The second kappa shape index (κ2) is 7.24. The van der Waals surface area contributed by atoms with Gasteiger partial charge in [-0.1, -0.05) is 12.1 Å². The van der Waals surface area contributed by atoms with Gasteiger partial charge in [0.25, 0.3) is 0 Å². The lowest BCUT2D eigenvalue weighted by atomic mass is 9.95. The second-order valence-corrected chi connectivity index (χ2v) is 5.77. The van der Waals surface area contributed by atoms with E-state index in [9.17, 15) is 0 Å². The van der Waals surface area contributed by atoms with Gasteiger partial charge in [-0.05, 0) is 53.2 Å². The molecule has 5 heteroatoms. The Labute approximate surface area is 123 Å². The van der Waals surface area contributed by atoms with Gasteiger partial charge in [0.05, 0.1) is 5.69 Å². The van der Waals surface area contributed by atoms with Crippen LogP contribution in [-0.4, -0.2) is 36.9 Å². The highest BCUT2D eigenvalue weighted by Crippen LogP contribution is 2.26. The lowest BCUT2D eigenvalue weighted by Crippen LogP contribution is -2.39. The number of aliphatic hydroxyl groups excluding tert-OH is 1. The van der Waals surface area contributed by atoms with Crippen LogP contribution in [0.15, 0.2) is 28.7 Å². The van der Waals surface area contributed by atoms with Crippen LogP contribution >= 0.6 is 15.9 Å². The van der Waals surface area contributed by atoms with Gasteiger partial charge in [0, 0.05) is 31.2 Å². The zero-order chi connectivity index (χ0) is 13.7. The minimum absolute atomic E-state index is 0.294. The van der Waals surface area contributed by atoms with E-state index in [4.69, 9.17) is 10.0 Å². The lowest BCUT2D eigenvalue weighted by molar-refractivity contribution is -0.181. The molecule has 0 saturated carbocycles. The van der Waals surface area contributed by atoms with Crippen molar-refractivity contribution in [1.29, 1.82) is 0 Å². The Morgan fingerprint density at radius 2 is 2.05 bits per heavy atom. The molecule has 1 aliphatic heterocycles. The maximum atomic E-state index is 8.95. The van der Waals surface area contributed by atoms with E-state index in [1.807, 2.05) is 36.4 Å². The number of para-hydroxylation sites is 1. The molecule has 0 amide bonds. The summed E-state index contributed by atoms with van der Waals surface area (Å²) in [4.78, 5) is 5.86. The summed E-state index contributed by atoms with van der Waals surface area (Å²) in [5, 5.41) is 12.7. The van der Waals surface area contributed by atoms with Crippen molar-refractivity contribution in [2.45, 2.75) is 19.3 Å². The van der Waals surface area contributed by atoms with Gasteiger partial charge < -0.3 is 5.11 Å². The standard InChI is InChI=1S/C14H21BrN2O2/c1-16(14-5-3-2-4-13(14)15)19-17-9-6-12(7-10-17)8-11-18/h2-5,12,18H,6-11H2,1H3. The molecule has 0 bridgehead atoms. The summed E-state index contributed by atoms with van der Waals surface area (Å²) >= 11 is 3.52. The normalized spacial score (nSPS) is 17.6. The highest BCUT2D eigenvalue weighted by Gasteiger charge is 2.21. The molecule has 106 valence electrons. The fourth-order valence-electron chi connectivity index (χ4n) is 2.39. The highest BCUT2D eigenvalue weighted by molar-refractivity contribution is 9.10. The van der Waals surface area contributed by atoms with Gasteiger partial charge in [0.1, 0.15) is 0 Å². The molecule has 19 heavy (non-hydrogen) atoms. The van der Waals surface area contributed by atoms with Crippen LogP contribution in [0.1, 0.15) is 19.3 Å². The van der Waals surface area contributed by atoms with E-state index >= 15 is 0 Å². The Hall–Kier alpha value is -0.620. The first-order chi connectivity index (χ1) is 9.20. The highest BCUT2D eigenvalue weighted by atomic mass is 79.9. The Morgan fingerprint density at radius 1 is 1.37 bits per heavy atom. The van der Waals surface area contributed by atoms with Crippen LogP contribution in [0.5, 0.6) is 0 Å². The predicted molar refractivity (Wildman–Crippen MR) is 79.6 cm³/mol. The molecule has 4 nitrogen and oxygen atoms in total. The van der Waals surface area contributed by atoms with Crippen LogP contribution in [0, 0.1) is 5.92 Å². The number of hydrogen-bond acceptors (Lipinski definition) is 4. The molecule has 1 heterocycles. The van der Waals surface area contributed by atoms with Crippen molar-refractivity contribution in [2.75, 3.05) is 31.8 Å². The first-order valence-corrected chi connectivity index (χ1v) is 7.52. The van der Waals surface area contributed by atoms with Crippen LogP contribution in [0.2, 0.25) is 0 Å². The number of anilines is 1. The molecule has 0 unspecified atom stereocenters. The number of piperidine rings is 1. The van der Waals surface area contributed by atoms with Crippen molar-refractivity contribution < 1.29 is 10.0 Å². The smallest absolute Gasteiger partial charge is 0.0794 e. The molecule has 1 aromatic carbocycles. The average molecular weight is 329 g/mol. The molecule has 1 N–H and O–H groups in total. The topological polar surface area (TPSA) is 35.9 Å². The van der Waals surface area contributed by atoms with Gasteiger partial charge in [-0.3, -0.25) is 0 Å². The number of nitrogens with zero attached hydrogens (tertiary/aromatic N) is 2. The van der Waals surface area contributed by atoms with Gasteiger partial charge in [0.2, 0.25) is 0 Å². The second-order valence-electron chi connectivity index (χ2n) is 4.92. The molecule has 1 saturated heterocycles. The molecule has 0 radical (unpaired) electrons. The SMILES string of the molecule is CN(ON1CCC(CCO)CC1)c1ccccc1Br. The van der Waals surface area contributed by atoms with E-state index in [0.717, 1.165) is 42.5 Å². The van der Waals surface area contributed by atoms with Crippen molar-refractivity contribution in [3.63, 3.8) is 0 Å². The van der Waals surface area contributed by atoms with Gasteiger partial charge in [-0.2, -0.15) is 10.0 Å². The molecular formula is C14H21BrN2O2. The summed E-state index contributed by atoms with van der Waals surface area (Å²) in [6.07, 6.45) is 3.09. The van der Waals surface area contributed by atoms with E-state index in [2.05, 4.69) is 15.9 Å². The third-order valence-electron chi connectivity index (χ3n) is 3.54. The van der Waals surface area contributed by atoms with Gasteiger partial charge >= 0.3 is 0 Å². The van der Waals surface area contributed by atoms with Crippen molar-refractivity contribution in [3.8, 4) is 0 Å². The third kappa shape index (κ3) is 4.18. The fourth-order valence-corrected chi connectivity index (χ4v) is 2.92. The van der Waals surface area contributed by atoms with Crippen molar-refractivity contribution >= 4 is 21.6 Å². The molecule has 1 aliphatic rings. The van der Waals surface area contributed by atoms with Gasteiger partial charge in [-0.25, -0.2) is 5.06 Å². The van der Waals surface area contributed by atoms with Crippen molar-refractivity contribution in [1.82, 2.24) is 5.06 Å². The summed E-state index contributed by atoms with van der Waals surface area (Å²) in [5.74, 6) is 0.638. The Bertz CT molecular complexity index is 395. The number of hydroxylamine groups is 3. The van der Waals surface area contributed by atoms with Crippen LogP contribution in [-0.2, 0) is 4.94 Å². The third-order valence-corrected chi connectivity index (χ3v) is 4.21. The monoisotopic (exact) mass is 328 g/mol. The minimum Gasteiger partial charge on any atom is -0.396 e. The van der Waals surface area contributed by atoms with Crippen molar-refractivity contribution in [3.05, 3.63) is 28.7 Å². The first-order valence-electron chi connectivity index (χ1n) is 6.73. The zero-order valence-corrected chi connectivity index (χ0v) is 12.8. The van der Waals surface area contributed by atoms with E-state index in [-0.39, 0.29) is 0 Å². The quantitative estimate of drug-likeness (QED) is 0.843. The van der Waals surface area contributed by atoms with Crippen LogP contribution in [0.4, 0.5) is 5.69 Å². The summed E-state index contributed by atoms with van der Waals surface area (Å²) in [6, 6.07) is 8.00. The number of aliphatic hydroxyl groups is 1. The maximum absolute atomic E-state index is 8.95. The molecule has 1 fully saturated rings. The predicted octanol–water partition coefficient (Wildman–Crippen LogP) is 2.83. The van der Waals surface area contributed by atoms with Crippen LogP contribution < -0.4 is 5.06 Å². The summed E-state index contributed by atoms with van der Waals surface area (Å²) in [7, 11) is 1.92. The molecular weight excluding hydrogens is 308 g/mol. The number of benzene rings is 1. The Kier molecular flexibility index (Phi) is 5.63. The fraction of sp³-hybridized carbons (Fsp3) is 0.571. The molecule has 2 rings (SSSR count). The molecule has 0 atom stereocenters. The minimum atomic E-state index is 0.294. The summed E-state index contributed by atoms with van der Waals surface area (Å²) in [6.45, 7) is 2.13. The van der Waals surface area contributed by atoms with E-state index in [0.29, 0.717) is 12.5 Å². The number of hydrogen-bond donors (Lipinski definition) is 1. The summed E-state index contributed by atoms with van der Waals surface area (Å²) in [5.41, 5.74) is 1.01. The largest absolute Gasteiger partial charge is 0.396 e. The van der Waals surface area contributed by atoms with Crippen LogP contribution in [0.25, 0.3) is 0 Å². The number of rotatable bonds is 5. The Morgan fingerprint density at radius 3 is 2.68 bits per heavy atom. The van der Waals surface area contributed by atoms with Gasteiger partial charge in [-0.15, -0.1) is 0 Å². The van der Waals surface area contributed by atoms with E-state index in [1.54, 1.807) is 5.06 Å². The van der Waals surface area contributed by atoms with Crippen molar-refractivity contribution in [2.24, 2.45) is 5.92 Å². The first kappa shape index (κ1) is 14.8. The Balaban J connectivity index is 1.84. The number of halogens is 1. The van der Waals surface area contributed by atoms with E-state index in [1.165, 1.54) is 0 Å². The molecule has 1 aromatic rings. The summed E-state index contributed by atoms with van der Waals surface area (Å²) < 4.78 is 1.02. The molecule has 0 aliphatic carbocycles. The van der Waals surface area contributed by atoms with E-state index < -0.39 is 0 Å². The molecule has 0 aromatic heterocycles. The molecule has 0 spiro atoms. The van der Waals surface area contributed by atoms with Gasteiger partial charge in [0.15, 0.2) is 0 Å². The average Bonchev–Trinajstić information content (AvgIpc) is 2.42.